The number of rotatable bonds is 2. The summed E-state index contributed by atoms with van der Waals surface area (Å²) < 4.78 is 3.68. The van der Waals surface area contributed by atoms with Crippen molar-refractivity contribution in [2.45, 2.75) is 43.7 Å². The quantitative estimate of drug-likeness (QED) is 0.749. The van der Waals surface area contributed by atoms with Crippen LogP contribution in [0.15, 0.2) is 6.20 Å². The van der Waals surface area contributed by atoms with Crippen LogP contribution in [0.1, 0.15) is 32.1 Å². The lowest BCUT2D eigenvalue weighted by Gasteiger charge is -2.50. The normalized spacial score (nSPS) is 24.4. The zero-order valence-electron chi connectivity index (χ0n) is 10.3. The van der Waals surface area contributed by atoms with Gasteiger partial charge in [0, 0.05) is 18.0 Å². The van der Waals surface area contributed by atoms with Crippen LogP contribution in [-0.2, 0) is 4.79 Å². The van der Waals surface area contributed by atoms with Gasteiger partial charge in [-0.3, -0.25) is 10.1 Å². The lowest BCUT2D eigenvalue weighted by atomic mass is 9.68. The average Bonchev–Trinajstić information content (AvgIpc) is 2.82. The van der Waals surface area contributed by atoms with Crippen molar-refractivity contribution in [3.05, 3.63) is 6.20 Å². The highest BCUT2D eigenvalue weighted by atomic mass is 32.1. The van der Waals surface area contributed by atoms with Gasteiger partial charge in [0.25, 0.3) is 0 Å². The van der Waals surface area contributed by atoms with Crippen LogP contribution >= 0.6 is 11.5 Å². The summed E-state index contributed by atoms with van der Waals surface area (Å²) in [4.78, 5) is 23.4. The highest BCUT2D eigenvalue weighted by Gasteiger charge is 2.48. The molecule has 1 saturated heterocycles. The molecule has 1 atom stereocenters. The number of nitrogens with one attached hydrogen (secondary N) is 3. The molecular formula is C11H15N5O2S. The number of amides is 3. The van der Waals surface area contributed by atoms with Crippen LogP contribution in [0.25, 0.3) is 0 Å². The molecule has 102 valence electrons. The van der Waals surface area contributed by atoms with Gasteiger partial charge in [0.1, 0.15) is 5.00 Å². The molecule has 1 spiro atoms. The van der Waals surface area contributed by atoms with Crippen LogP contribution in [0, 0.1) is 0 Å². The molecule has 2 heterocycles. The van der Waals surface area contributed by atoms with Gasteiger partial charge in [-0.15, -0.1) is 5.10 Å². The molecule has 1 aromatic rings. The lowest BCUT2D eigenvalue weighted by Crippen LogP contribution is -2.68. The molecule has 1 aromatic heterocycles. The number of carbonyl (C=O) groups is 2. The monoisotopic (exact) mass is 281 g/mol. The van der Waals surface area contributed by atoms with Gasteiger partial charge in [-0.25, -0.2) is 4.79 Å². The summed E-state index contributed by atoms with van der Waals surface area (Å²) >= 11 is 1.13. The van der Waals surface area contributed by atoms with Gasteiger partial charge in [-0.1, -0.05) is 4.49 Å². The molecule has 3 N–H and O–H groups in total. The molecule has 1 saturated carbocycles. The minimum absolute atomic E-state index is 0.000157. The topological polar surface area (TPSA) is 96.0 Å². The fourth-order valence-corrected chi connectivity index (χ4v) is 3.16. The van der Waals surface area contributed by atoms with E-state index in [0.29, 0.717) is 17.8 Å². The first-order valence-electron chi connectivity index (χ1n) is 6.34. The zero-order valence-corrected chi connectivity index (χ0v) is 11.1. The van der Waals surface area contributed by atoms with Gasteiger partial charge in [-0.2, -0.15) is 0 Å². The number of urea groups is 1. The van der Waals surface area contributed by atoms with E-state index in [0.717, 1.165) is 30.8 Å². The maximum atomic E-state index is 11.9. The Kier molecular flexibility index (Phi) is 3.09. The van der Waals surface area contributed by atoms with Crippen LogP contribution in [0.4, 0.5) is 9.80 Å². The molecular weight excluding hydrogens is 266 g/mol. The van der Waals surface area contributed by atoms with Crippen LogP contribution in [0.5, 0.6) is 0 Å². The summed E-state index contributed by atoms with van der Waals surface area (Å²) in [6.07, 6.45) is 5.64. The Morgan fingerprint density at radius 2 is 2.37 bits per heavy atom. The standard InChI is InChI=1S/C11H15N5O2S/c17-8-3-2-7(11(15-8)4-1-5-11)13-10(18)14-9-6-12-16-19-9/h6-7H,1-5H2,(H,15,17)(H2,13,14,18). The minimum Gasteiger partial charge on any atom is -0.349 e. The first-order chi connectivity index (χ1) is 9.18. The van der Waals surface area contributed by atoms with Gasteiger partial charge in [0.2, 0.25) is 5.91 Å². The summed E-state index contributed by atoms with van der Waals surface area (Å²) in [6.45, 7) is 0. The molecule has 1 aliphatic heterocycles. The van der Waals surface area contributed by atoms with E-state index in [2.05, 4.69) is 25.5 Å². The van der Waals surface area contributed by atoms with E-state index in [9.17, 15) is 9.59 Å². The van der Waals surface area contributed by atoms with Crippen molar-refractivity contribution in [2.24, 2.45) is 0 Å². The number of anilines is 1. The molecule has 8 heteroatoms. The fraction of sp³-hybridized carbons (Fsp3) is 0.636. The summed E-state index contributed by atoms with van der Waals surface area (Å²) in [5, 5.41) is 13.0. The van der Waals surface area contributed by atoms with E-state index in [1.54, 1.807) is 0 Å². The van der Waals surface area contributed by atoms with Crippen molar-refractivity contribution in [1.82, 2.24) is 20.2 Å². The maximum absolute atomic E-state index is 11.9. The third-order valence-corrected chi connectivity index (χ3v) is 4.44. The molecule has 3 amide bonds. The first kappa shape index (κ1) is 12.3. The Morgan fingerprint density at radius 1 is 1.53 bits per heavy atom. The number of piperidine rings is 1. The molecule has 0 radical (unpaired) electrons. The molecule has 2 aliphatic rings. The Labute approximate surface area is 114 Å². The maximum Gasteiger partial charge on any atom is 0.320 e. The molecule has 1 aliphatic carbocycles. The van der Waals surface area contributed by atoms with Gasteiger partial charge in [-0.05, 0) is 25.7 Å². The molecule has 19 heavy (non-hydrogen) atoms. The zero-order chi connectivity index (χ0) is 13.3. The van der Waals surface area contributed by atoms with E-state index < -0.39 is 0 Å². The van der Waals surface area contributed by atoms with Crippen molar-refractivity contribution in [3.63, 3.8) is 0 Å². The van der Waals surface area contributed by atoms with Crippen LogP contribution in [0.3, 0.4) is 0 Å². The Bertz CT molecular complexity index is 485. The second-order valence-corrected chi connectivity index (χ2v) is 5.82. The lowest BCUT2D eigenvalue weighted by molar-refractivity contribution is -0.127. The van der Waals surface area contributed by atoms with Gasteiger partial charge >= 0.3 is 6.03 Å². The highest BCUT2D eigenvalue weighted by molar-refractivity contribution is 7.10. The van der Waals surface area contributed by atoms with Gasteiger partial charge < -0.3 is 10.6 Å². The van der Waals surface area contributed by atoms with Crippen molar-refractivity contribution < 1.29 is 9.59 Å². The number of carbonyl (C=O) groups excluding carboxylic acids is 2. The van der Waals surface area contributed by atoms with Crippen molar-refractivity contribution in [3.8, 4) is 0 Å². The van der Waals surface area contributed by atoms with E-state index in [-0.39, 0.29) is 23.5 Å². The van der Waals surface area contributed by atoms with Gasteiger partial charge in [0.05, 0.1) is 17.8 Å². The Morgan fingerprint density at radius 3 is 3.00 bits per heavy atom. The average molecular weight is 281 g/mol. The third-order valence-electron chi connectivity index (χ3n) is 3.86. The predicted octanol–water partition coefficient (Wildman–Crippen LogP) is 0.861. The summed E-state index contributed by atoms with van der Waals surface area (Å²) in [5.74, 6) is 0.0878. The molecule has 0 bridgehead atoms. The van der Waals surface area contributed by atoms with E-state index in [1.807, 2.05) is 0 Å². The van der Waals surface area contributed by atoms with Crippen LogP contribution < -0.4 is 16.0 Å². The van der Waals surface area contributed by atoms with Crippen molar-refractivity contribution >= 4 is 28.5 Å². The highest BCUT2D eigenvalue weighted by Crippen LogP contribution is 2.38. The molecule has 1 unspecified atom stereocenters. The fourth-order valence-electron chi connectivity index (χ4n) is 2.75. The van der Waals surface area contributed by atoms with Crippen molar-refractivity contribution in [1.29, 1.82) is 0 Å². The van der Waals surface area contributed by atoms with Crippen molar-refractivity contribution in [2.75, 3.05) is 5.32 Å². The Hall–Kier alpha value is -1.70. The number of nitrogens with zero attached hydrogens (tertiary/aromatic N) is 2. The second-order valence-electron chi connectivity index (χ2n) is 5.03. The minimum atomic E-state index is -0.265. The third kappa shape index (κ3) is 2.40. The smallest absolute Gasteiger partial charge is 0.320 e. The predicted molar refractivity (Wildman–Crippen MR) is 69.8 cm³/mol. The number of aromatic nitrogens is 2. The Balaban J connectivity index is 1.62. The van der Waals surface area contributed by atoms with E-state index in [4.69, 9.17) is 0 Å². The van der Waals surface area contributed by atoms with Crippen LogP contribution in [-0.4, -0.2) is 33.1 Å². The summed E-state index contributed by atoms with van der Waals surface area (Å²) in [5.41, 5.74) is -0.224. The molecule has 0 aromatic carbocycles. The SMILES string of the molecule is O=C1CCC(NC(=O)Nc2cnns2)C2(CCC2)N1. The van der Waals surface area contributed by atoms with Gasteiger partial charge in [0.15, 0.2) is 0 Å². The summed E-state index contributed by atoms with van der Waals surface area (Å²) in [6, 6.07) is -0.265. The van der Waals surface area contributed by atoms with E-state index in [1.165, 1.54) is 6.20 Å². The summed E-state index contributed by atoms with van der Waals surface area (Å²) in [7, 11) is 0. The largest absolute Gasteiger partial charge is 0.349 e. The second kappa shape index (κ2) is 4.76. The number of hydrogen-bond acceptors (Lipinski definition) is 5. The first-order valence-corrected chi connectivity index (χ1v) is 7.11. The van der Waals surface area contributed by atoms with Crippen LogP contribution in [0.2, 0.25) is 0 Å². The molecule has 3 rings (SSSR count). The molecule has 2 fully saturated rings. The molecule has 7 nitrogen and oxygen atoms in total. The van der Waals surface area contributed by atoms with E-state index >= 15 is 0 Å². The number of hydrogen-bond donors (Lipinski definition) is 3.